The largest absolute Gasteiger partial charge is 0.398 e. The second kappa shape index (κ2) is 6.88. The first kappa shape index (κ1) is 15.9. The Morgan fingerprint density at radius 2 is 2.11 bits per heavy atom. The minimum atomic E-state index is -3.60. The third-order valence-corrected chi connectivity index (χ3v) is 4.83. The molecule has 0 fully saturated rings. The van der Waals surface area contributed by atoms with Crippen LogP contribution in [0, 0.1) is 12.8 Å². The predicted octanol–water partition coefficient (Wildman–Crippen LogP) is 1.26. The van der Waals surface area contributed by atoms with Gasteiger partial charge in [0.05, 0.1) is 5.69 Å². The van der Waals surface area contributed by atoms with E-state index in [2.05, 4.69) is 4.72 Å². The van der Waals surface area contributed by atoms with Crippen LogP contribution in [-0.4, -0.2) is 26.7 Å². The molecule has 1 aromatic rings. The van der Waals surface area contributed by atoms with Crippen molar-refractivity contribution in [2.24, 2.45) is 5.92 Å². The number of nitrogens with two attached hydrogens (primary N) is 1. The molecule has 0 saturated carbocycles. The van der Waals surface area contributed by atoms with E-state index in [1.807, 2.05) is 6.92 Å². The number of rotatable bonds is 7. The first-order valence-electron chi connectivity index (χ1n) is 6.38. The van der Waals surface area contributed by atoms with Crippen molar-refractivity contribution in [3.8, 4) is 0 Å². The van der Waals surface area contributed by atoms with Gasteiger partial charge in [0.2, 0.25) is 10.0 Å². The molecule has 1 rings (SSSR count). The van der Waals surface area contributed by atoms with Crippen LogP contribution < -0.4 is 10.5 Å². The molecule has 4 N–H and O–H groups in total. The number of aliphatic hydroxyl groups is 1. The molecule has 0 aromatic heterocycles. The fourth-order valence-electron chi connectivity index (χ4n) is 1.98. The highest BCUT2D eigenvalue weighted by Crippen LogP contribution is 2.22. The van der Waals surface area contributed by atoms with Crippen molar-refractivity contribution in [3.63, 3.8) is 0 Å². The molecule has 0 spiro atoms. The number of nitrogens with one attached hydrogen (secondary N) is 1. The molecular weight excluding hydrogens is 264 g/mol. The van der Waals surface area contributed by atoms with Gasteiger partial charge in [-0.05, 0) is 30.9 Å². The summed E-state index contributed by atoms with van der Waals surface area (Å²) < 4.78 is 27.1. The van der Waals surface area contributed by atoms with Crippen LogP contribution in [0.4, 0.5) is 5.69 Å². The van der Waals surface area contributed by atoms with Crippen molar-refractivity contribution in [3.05, 3.63) is 23.8 Å². The molecule has 0 aliphatic rings. The quantitative estimate of drug-likeness (QED) is 0.658. The lowest BCUT2D eigenvalue weighted by Gasteiger charge is -2.16. The van der Waals surface area contributed by atoms with Gasteiger partial charge in [0.25, 0.3) is 0 Å². The van der Waals surface area contributed by atoms with Gasteiger partial charge in [-0.3, -0.25) is 0 Å². The zero-order valence-electron chi connectivity index (χ0n) is 11.4. The number of aryl methyl sites for hydroxylation is 1. The lowest BCUT2D eigenvalue weighted by Crippen LogP contribution is -2.30. The number of anilines is 1. The molecule has 0 amide bonds. The minimum absolute atomic E-state index is 0.0622. The van der Waals surface area contributed by atoms with Crippen LogP contribution >= 0.6 is 0 Å². The van der Waals surface area contributed by atoms with E-state index in [4.69, 9.17) is 10.8 Å². The second-order valence-electron chi connectivity index (χ2n) is 4.63. The summed E-state index contributed by atoms with van der Waals surface area (Å²) in [4.78, 5) is 0.147. The molecule has 6 heteroatoms. The first-order chi connectivity index (χ1) is 8.92. The molecule has 1 unspecified atom stereocenters. The van der Waals surface area contributed by atoms with Crippen molar-refractivity contribution in [2.75, 3.05) is 18.9 Å². The van der Waals surface area contributed by atoms with Crippen LogP contribution in [0.2, 0.25) is 0 Å². The average Bonchev–Trinajstić information content (AvgIpc) is 2.34. The normalized spacial score (nSPS) is 13.4. The Balaban J connectivity index is 2.87. The number of benzene rings is 1. The van der Waals surface area contributed by atoms with Gasteiger partial charge in [-0.15, -0.1) is 0 Å². The molecule has 1 atom stereocenters. The number of hydrogen-bond acceptors (Lipinski definition) is 4. The molecule has 0 saturated heterocycles. The molecule has 0 bridgehead atoms. The van der Waals surface area contributed by atoms with Crippen LogP contribution in [-0.2, 0) is 10.0 Å². The van der Waals surface area contributed by atoms with E-state index in [1.165, 1.54) is 0 Å². The van der Waals surface area contributed by atoms with Gasteiger partial charge in [0.1, 0.15) is 4.90 Å². The van der Waals surface area contributed by atoms with Gasteiger partial charge in [-0.25, -0.2) is 13.1 Å². The Kier molecular flexibility index (Phi) is 5.78. The van der Waals surface area contributed by atoms with E-state index in [1.54, 1.807) is 25.1 Å². The monoisotopic (exact) mass is 286 g/mol. The smallest absolute Gasteiger partial charge is 0.242 e. The third-order valence-electron chi connectivity index (χ3n) is 3.19. The highest BCUT2D eigenvalue weighted by atomic mass is 32.2. The Hall–Kier alpha value is -1.11. The van der Waals surface area contributed by atoms with E-state index in [0.29, 0.717) is 18.5 Å². The topological polar surface area (TPSA) is 92.4 Å². The molecule has 108 valence electrons. The van der Waals surface area contributed by atoms with E-state index in [-0.39, 0.29) is 23.1 Å². The van der Waals surface area contributed by atoms with Crippen molar-refractivity contribution in [1.82, 2.24) is 4.72 Å². The van der Waals surface area contributed by atoms with Crippen LogP contribution in [0.5, 0.6) is 0 Å². The standard InChI is InChI=1S/C13H22N2O3S/c1-3-11(7-8-16)9-15-19(17,18)13-10(2)5-4-6-12(13)14/h4-6,11,15-16H,3,7-9,14H2,1-2H3. The third kappa shape index (κ3) is 4.19. The Labute approximate surface area is 114 Å². The fourth-order valence-corrected chi connectivity index (χ4v) is 3.44. The fraction of sp³-hybridized carbons (Fsp3) is 0.538. The minimum Gasteiger partial charge on any atom is -0.398 e. The molecule has 0 radical (unpaired) electrons. The van der Waals surface area contributed by atoms with E-state index in [0.717, 1.165) is 6.42 Å². The van der Waals surface area contributed by atoms with Gasteiger partial charge in [-0.2, -0.15) is 0 Å². The van der Waals surface area contributed by atoms with Crippen molar-refractivity contribution < 1.29 is 13.5 Å². The van der Waals surface area contributed by atoms with E-state index < -0.39 is 10.0 Å². The van der Waals surface area contributed by atoms with Crippen LogP contribution in [0.15, 0.2) is 23.1 Å². The SMILES string of the molecule is CCC(CCO)CNS(=O)(=O)c1c(C)cccc1N. The van der Waals surface area contributed by atoms with E-state index in [9.17, 15) is 8.42 Å². The van der Waals surface area contributed by atoms with Gasteiger partial charge in [0.15, 0.2) is 0 Å². The maximum Gasteiger partial charge on any atom is 0.242 e. The highest BCUT2D eigenvalue weighted by Gasteiger charge is 2.20. The Morgan fingerprint density at radius 3 is 2.63 bits per heavy atom. The van der Waals surface area contributed by atoms with Crippen LogP contribution in [0.3, 0.4) is 0 Å². The summed E-state index contributed by atoms with van der Waals surface area (Å²) in [5.41, 5.74) is 6.63. The van der Waals surface area contributed by atoms with Crippen molar-refractivity contribution in [1.29, 1.82) is 0 Å². The maximum atomic E-state index is 12.2. The van der Waals surface area contributed by atoms with Crippen LogP contribution in [0.25, 0.3) is 0 Å². The van der Waals surface area contributed by atoms with E-state index >= 15 is 0 Å². The van der Waals surface area contributed by atoms with Gasteiger partial charge in [-0.1, -0.05) is 25.5 Å². The van der Waals surface area contributed by atoms with Crippen molar-refractivity contribution >= 4 is 15.7 Å². The molecular formula is C13H22N2O3S. The molecule has 1 aromatic carbocycles. The van der Waals surface area contributed by atoms with Gasteiger partial charge >= 0.3 is 0 Å². The van der Waals surface area contributed by atoms with Crippen LogP contribution in [0.1, 0.15) is 25.3 Å². The molecule has 0 aliphatic carbocycles. The summed E-state index contributed by atoms with van der Waals surface area (Å²) >= 11 is 0. The lowest BCUT2D eigenvalue weighted by atomic mass is 10.0. The number of aliphatic hydroxyl groups excluding tert-OH is 1. The Bertz CT molecular complexity index is 494. The lowest BCUT2D eigenvalue weighted by molar-refractivity contribution is 0.254. The summed E-state index contributed by atoms with van der Waals surface area (Å²) in [7, 11) is -3.60. The second-order valence-corrected chi connectivity index (χ2v) is 6.34. The summed E-state index contributed by atoms with van der Waals surface area (Å²) in [6.07, 6.45) is 1.40. The first-order valence-corrected chi connectivity index (χ1v) is 7.86. The highest BCUT2D eigenvalue weighted by molar-refractivity contribution is 7.89. The summed E-state index contributed by atoms with van der Waals surface area (Å²) in [6.45, 7) is 4.06. The molecule has 0 heterocycles. The maximum absolute atomic E-state index is 12.2. The Morgan fingerprint density at radius 1 is 1.42 bits per heavy atom. The average molecular weight is 286 g/mol. The molecule has 19 heavy (non-hydrogen) atoms. The number of sulfonamides is 1. The summed E-state index contributed by atoms with van der Waals surface area (Å²) in [6, 6.07) is 5.02. The van der Waals surface area contributed by atoms with Gasteiger partial charge in [0, 0.05) is 13.2 Å². The zero-order chi connectivity index (χ0) is 14.5. The molecule has 5 nitrogen and oxygen atoms in total. The van der Waals surface area contributed by atoms with Gasteiger partial charge < -0.3 is 10.8 Å². The zero-order valence-corrected chi connectivity index (χ0v) is 12.2. The molecule has 0 aliphatic heterocycles. The number of hydrogen-bond donors (Lipinski definition) is 3. The summed E-state index contributed by atoms with van der Waals surface area (Å²) in [5, 5.41) is 8.91. The summed E-state index contributed by atoms with van der Waals surface area (Å²) in [5.74, 6) is 0.130. The van der Waals surface area contributed by atoms with Crippen molar-refractivity contribution in [2.45, 2.75) is 31.6 Å². The number of nitrogen functional groups attached to an aromatic ring is 1. The predicted molar refractivity (Wildman–Crippen MR) is 76.3 cm³/mol.